The van der Waals surface area contributed by atoms with Gasteiger partial charge in [-0.15, -0.1) is 0 Å². The molecule has 0 radical (unpaired) electrons. The molecule has 0 aliphatic heterocycles. The quantitative estimate of drug-likeness (QED) is 0.468. The van der Waals surface area contributed by atoms with E-state index in [0.717, 1.165) is 12.1 Å². The van der Waals surface area contributed by atoms with E-state index < -0.39 is 17.5 Å². The van der Waals surface area contributed by atoms with E-state index in [-0.39, 0.29) is 5.69 Å². The number of aliphatic imine (C=N–C) groups is 1. The predicted molar refractivity (Wildman–Crippen MR) is 50.5 cm³/mol. The van der Waals surface area contributed by atoms with Gasteiger partial charge in [0.15, 0.2) is 5.75 Å². The molecule has 0 spiro atoms. The van der Waals surface area contributed by atoms with Crippen molar-refractivity contribution in [3.8, 4) is 5.75 Å². The highest BCUT2D eigenvalue weighted by Gasteiger charge is 2.42. The Labute approximate surface area is 93.5 Å². The van der Waals surface area contributed by atoms with Gasteiger partial charge in [0.1, 0.15) is 5.69 Å². The average Bonchev–Trinajstić information content (AvgIpc) is 2.20. The Hall–Kier alpha value is -1.52. The normalized spacial score (nSPS) is 12.8. The van der Waals surface area contributed by atoms with Crippen LogP contribution in [0.15, 0.2) is 29.3 Å². The van der Waals surface area contributed by atoms with Gasteiger partial charge in [0.2, 0.25) is 6.08 Å². The molecular formula is C9H5ClF3NO2. The minimum atomic E-state index is -4.20. The monoisotopic (exact) mass is 251 g/mol. The molecule has 0 amide bonds. The van der Waals surface area contributed by atoms with Crippen molar-refractivity contribution < 1.29 is 22.7 Å². The van der Waals surface area contributed by atoms with Gasteiger partial charge in [0, 0.05) is 0 Å². The predicted octanol–water partition coefficient (Wildman–Crippen LogP) is 3.16. The average molecular weight is 252 g/mol. The van der Waals surface area contributed by atoms with Crippen molar-refractivity contribution in [1.29, 1.82) is 0 Å². The van der Waals surface area contributed by atoms with Crippen LogP contribution in [0.5, 0.6) is 5.75 Å². The number of halogens is 4. The lowest BCUT2D eigenvalue weighted by molar-refractivity contribution is -0.198. The largest absolute Gasteiger partial charge is 0.444 e. The van der Waals surface area contributed by atoms with Gasteiger partial charge in [-0.2, -0.15) is 13.8 Å². The maximum absolute atomic E-state index is 12.8. The fraction of sp³-hybridized carbons (Fsp3) is 0.222. The Morgan fingerprint density at radius 3 is 2.62 bits per heavy atom. The molecule has 1 atom stereocenters. The third-order valence-electron chi connectivity index (χ3n) is 1.53. The molecule has 0 aliphatic carbocycles. The van der Waals surface area contributed by atoms with E-state index in [0.29, 0.717) is 0 Å². The molecule has 0 aliphatic rings. The number of hydrogen-bond donors (Lipinski definition) is 0. The van der Waals surface area contributed by atoms with Crippen LogP contribution >= 0.6 is 11.6 Å². The van der Waals surface area contributed by atoms with E-state index in [9.17, 15) is 18.0 Å². The van der Waals surface area contributed by atoms with E-state index in [1.165, 1.54) is 18.2 Å². The van der Waals surface area contributed by atoms with Gasteiger partial charge in [-0.1, -0.05) is 23.7 Å². The number of rotatable bonds is 4. The molecule has 0 saturated carbocycles. The third-order valence-corrected chi connectivity index (χ3v) is 1.79. The molecule has 0 aromatic heterocycles. The number of nitrogens with zero attached hydrogens (tertiary/aromatic N) is 1. The lowest BCUT2D eigenvalue weighted by Gasteiger charge is -2.18. The second-order valence-electron chi connectivity index (χ2n) is 2.64. The van der Waals surface area contributed by atoms with Gasteiger partial charge in [0.25, 0.3) is 5.63 Å². The molecule has 86 valence electrons. The van der Waals surface area contributed by atoms with Crippen LogP contribution in [0.4, 0.5) is 18.9 Å². The minimum absolute atomic E-state index is 0.186. The summed E-state index contributed by atoms with van der Waals surface area (Å²) in [7, 11) is 0. The summed E-state index contributed by atoms with van der Waals surface area (Å²) in [5.74, 6) is -0.459. The van der Waals surface area contributed by atoms with Gasteiger partial charge in [0.05, 0.1) is 0 Å². The Kier molecular flexibility index (Phi) is 3.93. The van der Waals surface area contributed by atoms with Crippen molar-refractivity contribution in [1.82, 2.24) is 0 Å². The molecule has 1 unspecified atom stereocenters. The molecule has 0 fully saturated rings. The second kappa shape index (κ2) is 5.01. The number of benzene rings is 1. The molecule has 0 saturated heterocycles. The minimum Gasteiger partial charge on any atom is -0.427 e. The van der Waals surface area contributed by atoms with Crippen LogP contribution in [-0.4, -0.2) is 17.8 Å². The number of ether oxygens (including phenoxy) is 1. The lowest BCUT2D eigenvalue weighted by atomic mass is 10.3. The van der Waals surface area contributed by atoms with E-state index >= 15 is 0 Å². The van der Waals surface area contributed by atoms with Crippen LogP contribution < -0.4 is 4.74 Å². The highest BCUT2D eigenvalue weighted by molar-refractivity contribution is 6.20. The van der Waals surface area contributed by atoms with Crippen LogP contribution in [0, 0.1) is 0 Å². The lowest BCUT2D eigenvalue weighted by Crippen LogP contribution is -2.32. The Morgan fingerprint density at radius 1 is 1.44 bits per heavy atom. The van der Waals surface area contributed by atoms with Gasteiger partial charge >= 0.3 is 6.11 Å². The van der Waals surface area contributed by atoms with Crippen LogP contribution in [0.25, 0.3) is 0 Å². The van der Waals surface area contributed by atoms with E-state index in [1.807, 2.05) is 0 Å². The molecule has 16 heavy (non-hydrogen) atoms. The molecule has 3 nitrogen and oxygen atoms in total. The van der Waals surface area contributed by atoms with Crippen LogP contribution in [-0.2, 0) is 4.79 Å². The Balaban J connectivity index is 3.01. The maximum Gasteiger partial charge on any atom is 0.444 e. The first-order valence-electron chi connectivity index (χ1n) is 3.99. The van der Waals surface area contributed by atoms with Crippen molar-refractivity contribution in [2.24, 2.45) is 4.99 Å². The van der Waals surface area contributed by atoms with Crippen LogP contribution in [0.1, 0.15) is 0 Å². The first kappa shape index (κ1) is 12.5. The molecule has 0 N–H and O–H groups in total. The summed E-state index contributed by atoms with van der Waals surface area (Å²) in [6.45, 7) is 0. The fourth-order valence-electron chi connectivity index (χ4n) is 0.876. The molecule has 0 heterocycles. The highest BCUT2D eigenvalue weighted by Crippen LogP contribution is 2.34. The summed E-state index contributed by atoms with van der Waals surface area (Å²) < 4.78 is 41.9. The zero-order valence-electron chi connectivity index (χ0n) is 7.66. The summed E-state index contributed by atoms with van der Waals surface area (Å²) in [5.41, 5.74) is -3.18. The summed E-state index contributed by atoms with van der Waals surface area (Å²) in [5, 5.41) is 0. The molecular weight excluding hydrogens is 247 g/mol. The first-order valence-corrected chi connectivity index (χ1v) is 4.43. The van der Waals surface area contributed by atoms with Gasteiger partial charge in [-0.3, -0.25) is 0 Å². The summed E-state index contributed by atoms with van der Waals surface area (Å²) >= 11 is 4.60. The summed E-state index contributed by atoms with van der Waals surface area (Å²) in [6.07, 6.45) is -3.04. The molecule has 1 aromatic carbocycles. The van der Waals surface area contributed by atoms with E-state index in [1.54, 1.807) is 0 Å². The zero-order chi connectivity index (χ0) is 12.2. The van der Waals surface area contributed by atoms with Gasteiger partial charge in [-0.25, -0.2) is 9.18 Å². The van der Waals surface area contributed by atoms with E-state index in [2.05, 4.69) is 21.3 Å². The number of isocyanates is 1. The first-order chi connectivity index (χ1) is 7.47. The Morgan fingerprint density at radius 2 is 2.06 bits per heavy atom. The third kappa shape index (κ3) is 2.98. The van der Waals surface area contributed by atoms with Crippen LogP contribution in [0.2, 0.25) is 0 Å². The Bertz CT molecular complexity index is 419. The smallest absolute Gasteiger partial charge is 0.427 e. The summed E-state index contributed by atoms with van der Waals surface area (Å²) in [4.78, 5) is 13.1. The van der Waals surface area contributed by atoms with Crippen molar-refractivity contribution >= 4 is 23.4 Å². The number of para-hydroxylation sites is 2. The number of carbonyl (C=O) groups excluding carboxylic acids is 1. The second-order valence-corrected chi connectivity index (χ2v) is 3.02. The molecule has 0 bridgehead atoms. The topological polar surface area (TPSA) is 38.7 Å². The van der Waals surface area contributed by atoms with Crippen molar-refractivity contribution in [2.75, 3.05) is 0 Å². The van der Waals surface area contributed by atoms with E-state index in [4.69, 9.17) is 0 Å². The molecule has 1 aromatic rings. The SMILES string of the molecule is O=C=Nc1ccccc1OC(F)(F)C(F)Cl. The molecule has 7 heteroatoms. The van der Waals surface area contributed by atoms with Gasteiger partial charge < -0.3 is 4.74 Å². The number of alkyl halides is 4. The zero-order valence-corrected chi connectivity index (χ0v) is 8.42. The highest BCUT2D eigenvalue weighted by atomic mass is 35.5. The van der Waals surface area contributed by atoms with Crippen molar-refractivity contribution in [3.63, 3.8) is 0 Å². The summed E-state index contributed by atoms with van der Waals surface area (Å²) in [6, 6.07) is 5.13. The molecule has 1 rings (SSSR count). The maximum atomic E-state index is 12.8. The van der Waals surface area contributed by atoms with Crippen LogP contribution in [0.3, 0.4) is 0 Å². The number of hydrogen-bond acceptors (Lipinski definition) is 3. The van der Waals surface area contributed by atoms with Crippen molar-refractivity contribution in [2.45, 2.75) is 11.7 Å². The fourth-order valence-corrected chi connectivity index (χ4v) is 0.921. The van der Waals surface area contributed by atoms with Crippen molar-refractivity contribution in [3.05, 3.63) is 24.3 Å². The van der Waals surface area contributed by atoms with Gasteiger partial charge in [-0.05, 0) is 12.1 Å². The standard InChI is InChI=1S/C9H5ClF3NO2/c10-8(11)9(12,13)16-7-4-2-1-3-6(7)14-5-15/h1-4,8H.